The molecule has 4 nitrogen and oxygen atoms in total. The highest BCUT2D eigenvalue weighted by atomic mass is 32.1. The van der Waals surface area contributed by atoms with Gasteiger partial charge >= 0.3 is 0 Å². The van der Waals surface area contributed by atoms with Gasteiger partial charge in [-0.15, -0.1) is 22.7 Å². The fourth-order valence-electron chi connectivity index (χ4n) is 3.20. The number of thiophene rings is 1. The van der Waals surface area contributed by atoms with Gasteiger partial charge in [-0.05, 0) is 44.1 Å². The fourth-order valence-corrected chi connectivity index (χ4v) is 5.00. The number of carbonyl (C=O) groups excluding carboxylic acids is 1. The maximum absolute atomic E-state index is 13.1. The van der Waals surface area contributed by atoms with Crippen LogP contribution >= 0.6 is 22.7 Å². The monoisotopic (exact) mass is 364 g/mol. The van der Waals surface area contributed by atoms with Gasteiger partial charge in [-0.1, -0.05) is 6.07 Å². The minimum Gasteiger partial charge on any atom is -0.384 e. The lowest BCUT2D eigenvalue weighted by atomic mass is 9.86. The summed E-state index contributed by atoms with van der Waals surface area (Å²) >= 11 is 3.30. The average molecular weight is 365 g/mol. The number of hydrogen-bond donors (Lipinski definition) is 0. The molecule has 0 aromatic carbocycles. The summed E-state index contributed by atoms with van der Waals surface area (Å²) in [5.41, 5.74) is 0.274. The van der Waals surface area contributed by atoms with Crippen molar-refractivity contribution in [2.45, 2.75) is 32.1 Å². The number of nitrogens with zero attached hydrogens (tertiary/aromatic N) is 2. The van der Waals surface area contributed by atoms with E-state index < -0.39 is 5.41 Å². The van der Waals surface area contributed by atoms with Crippen LogP contribution in [0.2, 0.25) is 0 Å². The summed E-state index contributed by atoms with van der Waals surface area (Å²) in [4.78, 5) is 21.0. The number of piperidine rings is 1. The zero-order chi connectivity index (χ0) is 17.2. The standard InChI is InChI=1S/C18H24N2O2S2/c1-18(2,15-12-24-16(19-15)14-7-5-9-23-14)17(21)20-8-4-6-13(10-20)11-22-3/h5,7,9,12-13H,4,6,8,10-11H2,1-3H3/t13-/m1/s1. The molecule has 1 saturated heterocycles. The van der Waals surface area contributed by atoms with Crippen molar-refractivity contribution in [3.63, 3.8) is 0 Å². The van der Waals surface area contributed by atoms with E-state index in [0.29, 0.717) is 5.92 Å². The van der Waals surface area contributed by atoms with Crippen molar-refractivity contribution in [2.24, 2.45) is 5.92 Å². The summed E-state index contributed by atoms with van der Waals surface area (Å²) in [6.45, 7) is 6.33. The molecule has 2 aromatic rings. The Balaban J connectivity index is 1.75. The number of ether oxygens (including phenoxy) is 1. The molecule has 1 aliphatic heterocycles. The lowest BCUT2D eigenvalue weighted by Gasteiger charge is -2.37. The van der Waals surface area contributed by atoms with Gasteiger partial charge in [0.15, 0.2) is 0 Å². The zero-order valence-electron chi connectivity index (χ0n) is 14.4. The number of thiazole rings is 1. The largest absolute Gasteiger partial charge is 0.384 e. The minimum atomic E-state index is -0.596. The van der Waals surface area contributed by atoms with Crippen LogP contribution in [0.4, 0.5) is 0 Å². The third-order valence-electron chi connectivity index (χ3n) is 4.62. The van der Waals surface area contributed by atoms with Crippen molar-refractivity contribution >= 4 is 28.6 Å². The summed E-state index contributed by atoms with van der Waals surface area (Å²) in [7, 11) is 1.73. The lowest BCUT2D eigenvalue weighted by molar-refractivity contribution is -0.138. The summed E-state index contributed by atoms with van der Waals surface area (Å²) < 4.78 is 5.28. The summed E-state index contributed by atoms with van der Waals surface area (Å²) in [5, 5.41) is 5.08. The number of aromatic nitrogens is 1. The third-order valence-corrected chi connectivity index (χ3v) is 6.50. The molecule has 0 aliphatic carbocycles. The first kappa shape index (κ1) is 17.6. The second kappa shape index (κ2) is 7.33. The molecule has 0 saturated carbocycles. The van der Waals surface area contributed by atoms with E-state index in [2.05, 4.69) is 11.4 Å². The van der Waals surface area contributed by atoms with Crippen LogP contribution in [0.15, 0.2) is 22.9 Å². The van der Waals surface area contributed by atoms with Gasteiger partial charge in [0, 0.05) is 25.6 Å². The van der Waals surface area contributed by atoms with Gasteiger partial charge in [0.1, 0.15) is 5.01 Å². The molecule has 130 valence electrons. The Kier molecular flexibility index (Phi) is 5.37. The Labute approximate surface area is 151 Å². The first-order chi connectivity index (χ1) is 11.5. The highest BCUT2D eigenvalue weighted by Gasteiger charge is 2.37. The number of carbonyl (C=O) groups is 1. The van der Waals surface area contributed by atoms with E-state index in [-0.39, 0.29) is 5.91 Å². The molecule has 1 atom stereocenters. The summed E-state index contributed by atoms with van der Waals surface area (Å²) in [5.74, 6) is 0.618. The quantitative estimate of drug-likeness (QED) is 0.804. The molecular weight excluding hydrogens is 340 g/mol. The van der Waals surface area contributed by atoms with Gasteiger partial charge in [-0.2, -0.15) is 0 Å². The highest BCUT2D eigenvalue weighted by molar-refractivity contribution is 7.20. The fraction of sp³-hybridized carbons (Fsp3) is 0.556. The van der Waals surface area contributed by atoms with E-state index in [1.165, 1.54) is 0 Å². The van der Waals surface area contributed by atoms with Crippen LogP contribution in [0.25, 0.3) is 9.88 Å². The molecule has 0 unspecified atom stereocenters. The minimum absolute atomic E-state index is 0.173. The number of rotatable bonds is 5. The molecule has 24 heavy (non-hydrogen) atoms. The molecule has 1 fully saturated rings. The van der Waals surface area contributed by atoms with Gasteiger partial charge in [-0.3, -0.25) is 4.79 Å². The zero-order valence-corrected chi connectivity index (χ0v) is 16.1. The van der Waals surface area contributed by atoms with Crippen molar-refractivity contribution in [2.75, 3.05) is 26.8 Å². The molecule has 0 radical (unpaired) electrons. The van der Waals surface area contributed by atoms with E-state index in [0.717, 1.165) is 48.1 Å². The van der Waals surface area contributed by atoms with Crippen molar-refractivity contribution in [3.05, 3.63) is 28.6 Å². The normalized spacial score (nSPS) is 18.8. The van der Waals surface area contributed by atoms with Crippen molar-refractivity contribution in [1.29, 1.82) is 0 Å². The predicted octanol–water partition coefficient (Wildman–Crippen LogP) is 4.03. The third kappa shape index (κ3) is 3.55. The van der Waals surface area contributed by atoms with Crippen LogP contribution in [0.3, 0.4) is 0 Å². The number of amides is 1. The van der Waals surface area contributed by atoms with E-state index in [9.17, 15) is 4.79 Å². The van der Waals surface area contributed by atoms with Crippen molar-refractivity contribution in [3.8, 4) is 9.88 Å². The van der Waals surface area contributed by atoms with Crippen LogP contribution in [-0.4, -0.2) is 42.6 Å². The molecule has 6 heteroatoms. The first-order valence-electron chi connectivity index (χ1n) is 8.30. The molecule has 1 aliphatic rings. The smallest absolute Gasteiger partial charge is 0.234 e. The summed E-state index contributed by atoms with van der Waals surface area (Å²) in [6, 6.07) is 4.10. The highest BCUT2D eigenvalue weighted by Crippen LogP contribution is 2.34. The van der Waals surface area contributed by atoms with Crippen molar-refractivity contribution < 1.29 is 9.53 Å². The maximum atomic E-state index is 13.1. The Morgan fingerprint density at radius 2 is 2.29 bits per heavy atom. The maximum Gasteiger partial charge on any atom is 0.234 e. The summed E-state index contributed by atoms with van der Waals surface area (Å²) in [6.07, 6.45) is 2.19. The molecule has 3 heterocycles. The second-order valence-corrected chi connectivity index (χ2v) is 8.66. The number of hydrogen-bond acceptors (Lipinski definition) is 5. The molecule has 0 N–H and O–H groups in total. The Morgan fingerprint density at radius 1 is 1.46 bits per heavy atom. The van der Waals surface area contributed by atoms with Crippen LogP contribution in [-0.2, 0) is 14.9 Å². The topological polar surface area (TPSA) is 42.4 Å². The lowest BCUT2D eigenvalue weighted by Crippen LogP contribution is -2.48. The molecule has 3 rings (SSSR count). The number of likely N-dealkylation sites (tertiary alicyclic amines) is 1. The molecule has 1 amide bonds. The van der Waals surface area contributed by atoms with Gasteiger partial charge in [0.25, 0.3) is 0 Å². The average Bonchev–Trinajstić information content (AvgIpc) is 3.26. The van der Waals surface area contributed by atoms with E-state index in [1.807, 2.05) is 30.2 Å². The Hall–Kier alpha value is -1.24. The van der Waals surface area contributed by atoms with Crippen LogP contribution < -0.4 is 0 Å². The number of methoxy groups -OCH3 is 1. The van der Waals surface area contributed by atoms with E-state index in [1.54, 1.807) is 29.8 Å². The molecular formula is C18H24N2O2S2. The predicted molar refractivity (Wildman–Crippen MR) is 99.6 cm³/mol. The molecule has 0 spiro atoms. The SMILES string of the molecule is COC[C@@H]1CCCN(C(=O)C(C)(C)c2csc(-c3cccs3)n2)C1. The van der Waals surface area contributed by atoms with Crippen molar-refractivity contribution in [1.82, 2.24) is 9.88 Å². The molecule has 0 bridgehead atoms. The Bertz CT molecular complexity index is 677. The Morgan fingerprint density at radius 3 is 3.00 bits per heavy atom. The van der Waals surface area contributed by atoms with E-state index in [4.69, 9.17) is 9.72 Å². The first-order valence-corrected chi connectivity index (χ1v) is 10.1. The van der Waals surface area contributed by atoms with Gasteiger partial charge in [0.2, 0.25) is 5.91 Å². The van der Waals surface area contributed by atoms with Gasteiger partial charge in [0.05, 0.1) is 22.6 Å². The van der Waals surface area contributed by atoms with Gasteiger partial charge < -0.3 is 9.64 Å². The van der Waals surface area contributed by atoms with Crippen LogP contribution in [0.1, 0.15) is 32.4 Å². The van der Waals surface area contributed by atoms with Gasteiger partial charge in [-0.25, -0.2) is 4.98 Å². The van der Waals surface area contributed by atoms with Crippen LogP contribution in [0, 0.1) is 5.92 Å². The van der Waals surface area contributed by atoms with Crippen LogP contribution in [0.5, 0.6) is 0 Å². The molecule has 2 aromatic heterocycles. The van der Waals surface area contributed by atoms with E-state index >= 15 is 0 Å². The second-order valence-electron chi connectivity index (χ2n) is 6.85.